The van der Waals surface area contributed by atoms with E-state index in [9.17, 15) is 0 Å². The summed E-state index contributed by atoms with van der Waals surface area (Å²) in [6.07, 6.45) is 2.44. The van der Waals surface area contributed by atoms with Crippen molar-refractivity contribution >= 4 is 16.5 Å². The summed E-state index contributed by atoms with van der Waals surface area (Å²) >= 11 is 1.85. The summed E-state index contributed by atoms with van der Waals surface area (Å²) in [6.45, 7) is 13.6. The highest BCUT2D eigenvalue weighted by Gasteiger charge is 2.22. The van der Waals surface area contributed by atoms with Crippen molar-refractivity contribution in [3.63, 3.8) is 0 Å². The molecule has 4 nitrogen and oxygen atoms in total. The van der Waals surface area contributed by atoms with E-state index in [2.05, 4.69) is 37.9 Å². The Morgan fingerprint density at radius 1 is 1.43 bits per heavy atom. The number of anilines is 1. The lowest BCUT2D eigenvalue weighted by molar-refractivity contribution is 0.0384. The van der Waals surface area contributed by atoms with Crippen molar-refractivity contribution in [2.24, 2.45) is 5.92 Å². The predicted octanol–water partition coefficient (Wildman–Crippen LogP) is 3.07. The van der Waals surface area contributed by atoms with E-state index in [0.29, 0.717) is 12.0 Å². The zero-order valence-corrected chi connectivity index (χ0v) is 14.6. The average Bonchev–Trinajstić information content (AvgIpc) is 2.90. The molecule has 0 saturated carbocycles. The van der Waals surface area contributed by atoms with Crippen LogP contribution in [0.25, 0.3) is 0 Å². The third-order valence-electron chi connectivity index (χ3n) is 3.80. The van der Waals surface area contributed by atoms with Crippen LogP contribution in [-0.2, 0) is 17.7 Å². The minimum Gasteiger partial charge on any atom is -0.375 e. The van der Waals surface area contributed by atoms with Crippen LogP contribution >= 0.6 is 11.3 Å². The molecule has 2 rings (SSSR count). The molecular formula is C16H29N3OS. The lowest BCUT2D eigenvalue weighted by Gasteiger charge is -2.32. The van der Waals surface area contributed by atoms with Gasteiger partial charge in [-0.2, -0.15) is 0 Å². The van der Waals surface area contributed by atoms with Gasteiger partial charge in [0.1, 0.15) is 0 Å². The zero-order valence-electron chi connectivity index (χ0n) is 13.8. The quantitative estimate of drug-likeness (QED) is 0.840. The second-order valence-corrected chi connectivity index (χ2v) is 7.15. The van der Waals surface area contributed by atoms with Gasteiger partial charge in [-0.15, -0.1) is 11.3 Å². The molecule has 1 unspecified atom stereocenters. The maximum absolute atomic E-state index is 5.76. The SMILES string of the molecule is CCc1nc(N2CCOC(CC)C2)sc1CNCC(C)C. The zero-order chi connectivity index (χ0) is 15.2. The van der Waals surface area contributed by atoms with Gasteiger partial charge in [-0.1, -0.05) is 27.7 Å². The van der Waals surface area contributed by atoms with E-state index in [1.807, 2.05) is 11.3 Å². The molecule has 2 heterocycles. The van der Waals surface area contributed by atoms with Gasteiger partial charge in [0.05, 0.1) is 18.4 Å². The summed E-state index contributed by atoms with van der Waals surface area (Å²) < 4.78 is 5.76. The number of hydrogen-bond donors (Lipinski definition) is 1. The Labute approximate surface area is 132 Å². The van der Waals surface area contributed by atoms with Crippen LogP contribution in [0.1, 0.15) is 44.7 Å². The number of hydrogen-bond acceptors (Lipinski definition) is 5. The molecule has 0 aromatic carbocycles. The molecule has 5 heteroatoms. The van der Waals surface area contributed by atoms with E-state index in [1.165, 1.54) is 15.7 Å². The molecule has 0 radical (unpaired) electrons. The van der Waals surface area contributed by atoms with Crippen LogP contribution in [0.3, 0.4) is 0 Å². The fourth-order valence-electron chi connectivity index (χ4n) is 2.53. The minimum atomic E-state index is 0.357. The van der Waals surface area contributed by atoms with E-state index in [0.717, 1.165) is 45.6 Å². The Morgan fingerprint density at radius 3 is 2.90 bits per heavy atom. The standard InChI is InChI=1S/C16H29N3OS/c1-5-13-11-19(7-8-20-13)16-18-14(6-2)15(21-16)10-17-9-12(3)4/h12-13,17H,5-11H2,1-4H3. The summed E-state index contributed by atoms with van der Waals surface area (Å²) in [7, 11) is 0. The Kier molecular flexibility index (Phi) is 6.45. The van der Waals surface area contributed by atoms with Gasteiger partial charge in [0.2, 0.25) is 0 Å². The number of thiazole rings is 1. The largest absolute Gasteiger partial charge is 0.375 e. The first-order valence-electron chi connectivity index (χ1n) is 8.19. The van der Waals surface area contributed by atoms with E-state index in [1.54, 1.807) is 0 Å². The first-order valence-corrected chi connectivity index (χ1v) is 9.01. The molecular weight excluding hydrogens is 282 g/mol. The normalized spacial score (nSPS) is 19.5. The third-order valence-corrected chi connectivity index (χ3v) is 4.96. The number of aryl methyl sites for hydroxylation is 1. The first kappa shape index (κ1) is 16.7. The van der Waals surface area contributed by atoms with Crippen LogP contribution < -0.4 is 10.2 Å². The molecule has 1 saturated heterocycles. The lowest BCUT2D eigenvalue weighted by Crippen LogP contribution is -2.42. The van der Waals surface area contributed by atoms with Crippen LogP contribution in [0.5, 0.6) is 0 Å². The minimum absolute atomic E-state index is 0.357. The number of nitrogens with zero attached hydrogens (tertiary/aromatic N) is 2. The second kappa shape index (κ2) is 8.11. The highest BCUT2D eigenvalue weighted by atomic mass is 32.1. The molecule has 21 heavy (non-hydrogen) atoms. The number of morpholine rings is 1. The fourth-order valence-corrected chi connectivity index (χ4v) is 3.69. The molecule has 1 aliphatic heterocycles. The van der Waals surface area contributed by atoms with Gasteiger partial charge in [0, 0.05) is 24.5 Å². The van der Waals surface area contributed by atoms with Crippen LogP contribution in [0.15, 0.2) is 0 Å². The highest BCUT2D eigenvalue weighted by Crippen LogP contribution is 2.28. The second-order valence-electron chi connectivity index (χ2n) is 6.09. The number of aromatic nitrogens is 1. The smallest absolute Gasteiger partial charge is 0.185 e. The van der Waals surface area contributed by atoms with Crippen LogP contribution in [0.4, 0.5) is 5.13 Å². The van der Waals surface area contributed by atoms with Gasteiger partial charge in [0.15, 0.2) is 5.13 Å². The Hall–Kier alpha value is -0.650. The van der Waals surface area contributed by atoms with Gasteiger partial charge >= 0.3 is 0 Å². The fraction of sp³-hybridized carbons (Fsp3) is 0.812. The maximum Gasteiger partial charge on any atom is 0.185 e. The predicted molar refractivity (Wildman–Crippen MR) is 90.3 cm³/mol. The Balaban J connectivity index is 2.01. The number of nitrogens with one attached hydrogen (secondary N) is 1. The van der Waals surface area contributed by atoms with Gasteiger partial charge in [0.25, 0.3) is 0 Å². The topological polar surface area (TPSA) is 37.4 Å². The van der Waals surface area contributed by atoms with Crippen molar-refractivity contribution in [3.05, 3.63) is 10.6 Å². The highest BCUT2D eigenvalue weighted by molar-refractivity contribution is 7.15. The third kappa shape index (κ3) is 4.66. The van der Waals surface area contributed by atoms with Gasteiger partial charge in [-0.25, -0.2) is 4.98 Å². The summed E-state index contributed by atoms with van der Waals surface area (Å²) in [5.74, 6) is 0.687. The van der Waals surface area contributed by atoms with Crippen LogP contribution in [0.2, 0.25) is 0 Å². The average molecular weight is 311 g/mol. The summed E-state index contributed by atoms with van der Waals surface area (Å²) in [5, 5.41) is 4.72. The molecule has 1 N–H and O–H groups in total. The Bertz CT molecular complexity index is 433. The summed E-state index contributed by atoms with van der Waals surface area (Å²) in [6, 6.07) is 0. The molecule has 1 fully saturated rings. The van der Waals surface area contributed by atoms with Crippen molar-refractivity contribution < 1.29 is 4.74 Å². The van der Waals surface area contributed by atoms with Crippen molar-refractivity contribution in [2.45, 2.75) is 53.2 Å². The van der Waals surface area contributed by atoms with Crippen molar-refractivity contribution in [1.82, 2.24) is 10.3 Å². The van der Waals surface area contributed by atoms with Gasteiger partial charge in [-0.3, -0.25) is 0 Å². The van der Waals surface area contributed by atoms with Crippen LogP contribution in [-0.4, -0.2) is 37.3 Å². The van der Waals surface area contributed by atoms with Crippen molar-refractivity contribution in [3.8, 4) is 0 Å². The number of rotatable bonds is 7. The van der Waals surface area contributed by atoms with Crippen molar-refractivity contribution in [1.29, 1.82) is 0 Å². The van der Waals surface area contributed by atoms with Gasteiger partial charge < -0.3 is 15.0 Å². The first-order chi connectivity index (χ1) is 10.1. The lowest BCUT2D eigenvalue weighted by atomic mass is 10.2. The van der Waals surface area contributed by atoms with Crippen molar-refractivity contribution in [2.75, 3.05) is 31.1 Å². The maximum atomic E-state index is 5.76. The summed E-state index contributed by atoms with van der Waals surface area (Å²) in [5.41, 5.74) is 1.26. The molecule has 0 aliphatic carbocycles. The Morgan fingerprint density at radius 2 is 2.24 bits per heavy atom. The molecule has 1 atom stereocenters. The molecule has 120 valence electrons. The molecule has 0 amide bonds. The van der Waals surface area contributed by atoms with E-state index < -0.39 is 0 Å². The molecule has 1 aromatic rings. The molecule has 1 aliphatic rings. The monoisotopic (exact) mass is 311 g/mol. The van der Waals surface area contributed by atoms with E-state index in [-0.39, 0.29) is 0 Å². The van der Waals surface area contributed by atoms with Gasteiger partial charge in [-0.05, 0) is 25.3 Å². The molecule has 0 bridgehead atoms. The molecule has 0 spiro atoms. The van der Waals surface area contributed by atoms with Crippen LogP contribution in [0, 0.1) is 5.92 Å². The van der Waals surface area contributed by atoms with E-state index >= 15 is 0 Å². The summed E-state index contributed by atoms with van der Waals surface area (Å²) in [4.78, 5) is 8.66. The van der Waals surface area contributed by atoms with E-state index in [4.69, 9.17) is 9.72 Å². The number of ether oxygens (including phenoxy) is 1. The molecule has 1 aromatic heterocycles.